The van der Waals surface area contributed by atoms with Crippen LogP contribution in [0.4, 0.5) is 0 Å². The molecule has 170 valence electrons. The first-order valence-corrected chi connectivity index (χ1v) is 12.4. The summed E-state index contributed by atoms with van der Waals surface area (Å²) in [6.45, 7) is 14.6. The minimum atomic E-state index is -0.132. The number of hydrogen-bond donors (Lipinski definition) is 1. The van der Waals surface area contributed by atoms with Gasteiger partial charge in [-0.05, 0) is 44.3 Å². The summed E-state index contributed by atoms with van der Waals surface area (Å²) in [4.78, 5) is 17.9. The highest BCUT2D eigenvalue weighted by Crippen LogP contribution is 2.41. The van der Waals surface area contributed by atoms with Gasteiger partial charge in [-0.3, -0.25) is 4.79 Å². The van der Waals surface area contributed by atoms with E-state index in [2.05, 4.69) is 80.5 Å². The molecule has 4 nitrogen and oxygen atoms in total. The van der Waals surface area contributed by atoms with Crippen LogP contribution >= 0.6 is 11.8 Å². The largest absolute Gasteiger partial charge is 0.372 e. The molecule has 1 saturated heterocycles. The summed E-state index contributed by atoms with van der Waals surface area (Å²) in [5, 5.41) is 3.20. The zero-order chi connectivity index (χ0) is 22.5. The second kappa shape index (κ2) is 14.4. The highest BCUT2D eigenvalue weighted by molar-refractivity contribution is 8.03. The molecule has 0 radical (unpaired) electrons. The minimum absolute atomic E-state index is 0.132. The van der Waals surface area contributed by atoms with Crippen molar-refractivity contribution in [2.75, 3.05) is 27.2 Å². The number of carbonyl (C=O) groups excluding carboxylic acids is 1. The van der Waals surface area contributed by atoms with E-state index in [1.54, 1.807) is 7.05 Å². The lowest BCUT2D eigenvalue weighted by Crippen LogP contribution is -2.39. The number of piperidine rings is 1. The molecule has 1 fully saturated rings. The molecular weight excluding hydrogens is 390 g/mol. The summed E-state index contributed by atoms with van der Waals surface area (Å²) in [6, 6.07) is 0. The van der Waals surface area contributed by atoms with E-state index in [1.165, 1.54) is 49.1 Å². The maximum atomic E-state index is 11.6. The highest BCUT2D eigenvalue weighted by atomic mass is 32.2. The second-order valence-electron chi connectivity index (χ2n) is 8.00. The molecule has 2 aliphatic rings. The van der Waals surface area contributed by atoms with Gasteiger partial charge in [0.15, 0.2) is 0 Å². The van der Waals surface area contributed by atoms with Crippen molar-refractivity contribution in [3.8, 4) is 0 Å². The van der Waals surface area contributed by atoms with Crippen LogP contribution in [0.1, 0.15) is 66.2 Å². The molecular formula is C25H43N3OS. The number of unbranched alkanes of at least 4 members (excludes halogenated alkanes) is 1. The number of rotatable bonds is 8. The average Bonchev–Trinajstić information content (AvgIpc) is 3.14. The molecule has 0 aromatic rings. The number of nitrogens with zero attached hydrogens (tertiary/aromatic N) is 2. The number of amides is 1. The summed E-state index contributed by atoms with van der Waals surface area (Å²) in [7, 11) is 3.85. The van der Waals surface area contributed by atoms with Gasteiger partial charge >= 0.3 is 0 Å². The van der Waals surface area contributed by atoms with E-state index in [0.29, 0.717) is 10.9 Å². The van der Waals surface area contributed by atoms with Crippen molar-refractivity contribution in [3.05, 3.63) is 47.2 Å². The van der Waals surface area contributed by atoms with Gasteiger partial charge in [0.2, 0.25) is 5.91 Å². The van der Waals surface area contributed by atoms with Gasteiger partial charge in [-0.25, -0.2) is 0 Å². The van der Waals surface area contributed by atoms with Crippen LogP contribution < -0.4 is 5.32 Å². The molecule has 1 unspecified atom stereocenters. The zero-order valence-electron chi connectivity index (χ0n) is 20.0. The lowest BCUT2D eigenvalue weighted by molar-refractivity contribution is -0.116. The van der Waals surface area contributed by atoms with Gasteiger partial charge in [0, 0.05) is 49.6 Å². The quantitative estimate of drug-likeness (QED) is 0.381. The first-order valence-electron chi connectivity index (χ1n) is 11.5. The Labute approximate surface area is 189 Å². The molecule has 0 aromatic heterocycles. The monoisotopic (exact) mass is 433 g/mol. The second-order valence-corrected chi connectivity index (χ2v) is 9.24. The van der Waals surface area contributed by atoms with Gasteiger partial charge < -0.3 is 15.1 Å². The summed E-state index contributed by atoms with van der Waals surface area (Å²) in [5.74, 6) is 0.599. The van der Waals surface area contributed by atoms with Crippen LogP contribution in [0.25, 0.3) is 0 Å². The van der Waals surface area contributed by atoms with E-state index in [1.807, 2.05) is 12.2 Å². The van der Waals surface area contributed by atoms with E-state index in [0.717, 1.165) is 19.0 Å². The number of nitrogens with one attached hydrogen (secondary N) is 1. The molecule has 2 heterocycles. The van der Waals surface area contributed by atoms with Gasteiger partial charge in [-0.1, -0.05) is 52.7 Å². The number of carbonyl (C=O) groups is 1. The van der Waals surface area contributed by atoms with Crippen molar-refractivity contribution >= 4 is 17.7 Å². The first kappa shape index (κ1) is 26.4. The third-order valence-corrected chi connectivity index (χ3v) is 7.17. The average molecular weight is 434 g/mol. The van der Waals surface area contributed by atoms with Crippen molar-refractivity contribution < 1.29 is 4.79 Å². The normalized spacial score (nSPS) is 20.1. The van der Waals surface area contributed by atoms with Crippen molar-refractivity contribution in [2.24, 2.45) is 5.92 Å². The molecule has 0 aromatic carbocycles. The van der Waals surface area contributed by atoms with Crippen LogP contribution in [-0.4, -0.2) is 48.3 Å². The highest BCUT2D eigenvalue weighted by Gasteiger charge is 2.32. The van der Waals surface area contributed by atoms with Gasteiger partial charge in [-0.2, -0.15) is 0 Å². The predicted molar refractivity (Wildman–Crippen MR) is 133 cm³/mol. The smallest absolute Gasteiger partial charge is 0.250 e. The van der Waals surface area contributed by atoms with Gasteiger partial charge in [0.25, 0.3) is 0 Å². The van der Waals surface area contributed by atoms with E-state index in [9.17, 15) is 4.79 Å². The Hall–Kier alpha value is -1.62. The summed E-state index contributed by atoms with van der Waals surface area (Å²) >= 11 is 2.07. The number of thioether (sulfide) groups is 1. The number of likely N-dealkylation sites (tertiary alicyclic amines) is 1. The van der Waals surface area contributed by atoms with E-state index >= 15 is 0 Å². The molecule has 0 spiro atoms. The maximum absolute atomic E-state index is 11.6. The topological polar surface area (TPSA) is 35.6 Å². The number of allylic oxidation sites excluding steroid dienone is 3. The van der Waals surface area contributed by atoms with E-state index < -0.39 is 0 Å². The first-order chi connectivity index (χ1) is 14.4. The Morgan fingerprint density at radius 3 is 2.33 bits per heavy atom. The molecule has 5 heteroatoms. The van der Waals surface area contributed by atoms with Crippen LogP contribution in [0.3, 0.4) is 0 Å². The maximum Gasteiger partial charge on any atom is 0.250 e. The summed E-state index contributed by atoms with van der Waals surface area (Å²) in [5.41, 5.74) is 1.66. The Bertz CT molecular complexity index is 628. The SMILES string of the molecule is C=C(/C=C\C(=C/C)N1CCC(C2SC(CCC)=CN2C)CC1)C(=O)NC.CCCC. The third kappa shape index (κ3) is 8.25. The van der Waals surface area contributed by atoms with Crippen LogP contribution in [-0.2, 0) is 4.79 Å². The van der Waals surface area contributed by atoms with Crippen molar-refractivity contribution in [2.45, 2.75) is 71.6 Å². The predicted octanol–water partition coefficient (Wildman–Crippen LogP) is 5.91. The summed E-state index contributed by atoms with van der Waals surface area (Å²) < 4.78 is 0. The van der Waals surface area contributed by atoms with Crippen LogP contribution in [0.5, 0.6) is 0 Å². The fraction of sp³-hybridized carbons (Fsp3) is 0.640. The Morgan fingerprint density at radius 1 is 1.20 bits per heavy atom. The lowest BCUT2D eigenvalue weighted by atomic mass is 9.95. The molecule has 0 bridgehead atoms. The van der Waals surface area contributed by atoms with Crippen LogP contribution in [0, 0.1) is 5.92 Å². The molecule has 0 aliphatic carbocycles. The number of hydrogen-bond acceptors (Lipinski definition) is 4. The minimum Gasteiger partial charge on any atom is -0.372 e. The fourth-order valence-electron chi connectivity index (χ4n) is 3.62. The molecule has 1 N–H and O–H groups in total. The van der Waals surface area contributed by atoms with Gasteiger partial charge in [0.05, 0.1) is 5.37 Å². The number of likely N-dealkylation sites (N-methyl/N-ethyl adjacent to an activating group) is 1. The lowest BCUT2D eigenvalue weighted by Gasteiger charge is -2.38. The Kier molecular flexibility index (Phi) is 12.7. The molecule has 0 saturated carbocycles. The zero-order valence-corrected chi connectivity index (χ0v) is 20.9. The van der Waals surface area contributed by atoms with Gasteiger partial charge in [0.1, 0.15) is 0 Å². The Morgan fingerprint density at radius 2 is 1.83 bits per heavy atom. The van der Waals surface area contributed by atoms with Crippen molar-refractivity contribution in [3.63, 3.8) is 0 Å². The van der Waals surface area contributed by atoms with Gasteiger partial charge in [-0.15, -0.1) is 11.8 Å². The Balaban J connectivity index is 0.00000103. The van der Waals surface area contributed by atoms with Crippen LogP contribution in [0.2, 0.25) is 0 Å². The third-order valence-electron chi connectivity index (χ3n) is 5.60. The van der Waals surface area contributed by atoms with Crippen LogP contribution in [0.15, 0.2) is 47.2 Å². The van der Waals surface area contributed by atoms with Crippen molar-refractivity contribution in [1.29, 1.82) is 0 Å². The molecule has 30 heavy (non-hydrogen) atoms. The van der Waals surface area contributed by atoms with E-state index in [4.69, 9.17) is 0 Å². The molecule has 1 atom stereocenters. The molecule has 2 rings (SSSR count). The standard InChI is InChI=1S/C21H33N3OS.C4H10/c1-6-8-19-15-23(5)21(26-19)17-11-13-24(14-12-17)18(7-2)10-9-16(3)20(25)22-4;1-3-4-2/h7,9-10,15,17,21H,3,6,8,11-14H2,1-2,4-5H3,(H,22,25);3-4H2,1-2H3/b10-9-,18-7+;. The molecule has 2 aliphatic heterocycles. The fourth-order valence-corrected chi connectivity index (χ4v) is 5.17. The molecule has 1 amide bonds. The van der Waals surface area contributed by atoms with E-state index in [-0.39, 0.29) is 5.91 Å². The van der Waals surface area contributed by atoms with Crippen molar-refractivity contribution in [1.82, 2.24) is 15.1 Å². The summed E-state index contributed by atoms with van der Waals surface area (Å²) in [6.07, 6.45) is 15.7.